The summed E-state index contributed by atoms with van der Waals surface area (Å²) in [6, 6.07) is 7.88. The van der Waals surface area contributed by atoms with E-state index in [0.29, 0.717) is 0 Å². The molecule has 0 radical (unpaired) electrons. The Labute approximate surface area is 128 Å². The van der Waals surface area contributed by atoms with Crippen LogP contribution in [-0.4, -0.2) is 26.6 Å². The fourth-order valence-corrected chi connectivity index (χ4v) is 2.85. The second-order valence-corrected chi connectivity index (χ2v) is 6.16. The summed E-state index contributed by atoms with van der Waals surface area (Å²) in [5, 5.41) is 4.97. The van der Waals surface area contributed by atoms with Crippen LogP contribution in [0.4, 0.5) is 0 Å². The predicted molar refractivity (Wildman–Crippen MR) is 84.2 cm³/mol. The lowest BCUT2D eigenvalue weighted by Gasteiger charge is -2.11. The number of aromatic nitrogens is 3. The van der Waals surface area contributed by atoms with Gasteiger partial charge in [-0.15, -0.1) is 11.8 Å². The van der Waals surface area contributed by atoms with Gasteiger partial charge in [0.05, 0.1) is 0 Å². The topological polar surface area (TPSA) is 56.7 Å². The summed E-state index contributed by atoms with van der Waals surface area (Å²) >= 11 is 7.60. The smallest absolute Gasteiger partial charge is 0.138 e. The van der Waals surface area contributed by atoms with E-state index in [1.54, 1.807) is 18.1 Å². The molecule has 2 N–H and O–H groups in total. The minimum Gasteiger partial charge on any atom is -0.327 e. The number of hydrogen-bond acceptors (Lipinski definition) is 4. The number of hydrogen-bond donors (Lipinski definition) is 1. The highest BCUT2D eigenvalue weighted by Crippen LogP contribution is 2.21. The van der Waals surface area contributed by atoms with Crippen molar-refractivity contribution in [1.82, 2.24) is 14.8 Å². The SMILES string of the molecule is CCCn1ncnc1CC(N)CSc1ccc(Cl)cc1. The third kappa shape index (κ3) is 4.51. The summed E-state index contributed by atoms with van der Waals surface area (Å²) in [5.41, 5.74) is 6.18. The Bertz CT molecular complexity index is 526. The van der Waals surface area contributed by atoms with Crippen molar-refractivity contribution >= 4 is 23.4 Å². The molecule has 20 heavy (non-hydrogen) atoms. The Morgan fingerprint density at radius 3 is 2.80 bits per heavy atom. The van der Waals surface area contributed by atoms with Gasteiger partial charge >= 0.3 is 0 Å². The number of rotatable bonds is 7. The Morgan fingerprint density at radius 1 is 1.35 bits per heavy atom. The van der Waals surface area contributed by atoms with Crippen LogP contribution in [0.25, 0.3) is 0 Å². The van der Waals surface area contributed by atoms with Gasteiger partial charge in [-0.1, -0.05) is 18.5 Å². The number of aryl methyl sites for hydroxylation is 1. The molecule has 1 unspecified atom stereocenters. The second-order valence-electron chi connectivity index (χ2n) is 4.63. The number of nitrogens with zero attached hydrogens (tertiary/aromatic N) is 3. The largest absolute Gasteiger partial charge is 0.327 e. The lowest BCUT2D eigenvalue weighted by Crippen LogP contribution is -2.27. The van der Waals surface area contributed by atoms with Gasteiger partial charge in [-0.2, -0.15) is 5.10 Å². The zero-order valence-electron chi connectivity index (χ0n) is 11.5. The molecule has 108 valence electrons. The van der Waals surface area contributed by atoms with Crippen LogP contribution in [0, 0.1) is 0 Å². The van der Waals surface area contributed by atoms with Crippen molar-refractivity contribution in [3.63, 3.8) is 0 Å². The molecule has 4 nitrogen and oxygen atoms in total. The lowest BCUT2D eigenvalue weighted by molar-refractivity contribution is 0.553. The molecule has 0 aliphatic rings. The van der Waals surface area contributed by atoms with E-state index in [9.17, 15) is 0 Å². The first-order chi connectivity index (χ1) is 9.69. The third-order valence-electron chi connectivity index (χ3n) is 2.85. The molecule has 0 bridgehead atoms. The van der Waals surface area contributed by atoms with Gasteiger partial charge in [-0.05, 0) is 30.7 Å². The van der Waals surface area contributed by atoms with Crippen LogP contribution >= 0.6 is 23.4 Å². The summed E-state index contributed by atoms with van der Waals surface area (Å²) < 4.78 is 1.94. The minimum absolute atomic E-state index is 0.0653. The van der Waals surface area contributed by atoms with Crippen LogP contribution < -0.4 is 5.73 Å². The van der Waals surface area contributed by atoms with Crippen LogP contribution in [0.2, 0.25) is 5.02 Å². The molecule has 1 aromatic heterocycles. The van der Waals surface area contributed by atoms with Gasteiger partial charge < -0.3 is 5.73 Å². The second kappa shape index (κ2) is 7.67. The average Bonchev–Trinajstić information content (AvgIpc) is 2.86. The van der Waals surface area contributed by atoms with E-state index in [0.717, 1.165) is 36.0 Å². The zero-order valence-corrected chi connectivity index (χ0v) is 13.1. The van der Waals surface area contributed by atoms with Gasteiger partial charge in [0.2, 0.25) is 0 Å². The molecule has 0 aliphatic heterocycles. The summed E-state index contributed by atoms with van der Waals surface area (Å²) in [4.78, 5) is 5.47. The van der Waals surface area contributed by atoms with E-state index in [1.807, 2.05) is 28.9 Å². The molecule has 0 amide bonds. The maximum absolute atomic E-state index is 6.18. The van der Waals surface area contributed by atoms with E-state index in [4.69, 9.17) is 17.3 Å². The highest BCUT2D eigenvalue weighted by Gasteiger charge is 2.10. The van der Waals surface area contributed by atoms with Crippen molar-refractivity contribution < 1.29 is 0 Å². The van der Waals surface area contributed by atoms with Crippen molar-refractivity contribution in [3.05, 3.63) is 41.4 Å². The molecule has 1 aromatic carbocycles. The summed E-state index contributed by atoms with van der Waals surface area (Å²) in [6.45, 7) is 3.02. The first kappa shape index (κ1) is 15.4. The monoisotopic (exact) mass is 310 g/mol. The van der Waals surface area contributed by atoms with Gasteiger partial charge in [0.15, 0.2) is 0 Å². The molecule has 1 atom stereocenters. The van der Waals surface area contributed by atoms with E-state index < -0.39 is 0 Å². The van der Waals surface area contributed by atoms with Gasteiger partial charge in [0.1, 0.15) is 12.2 Å². The van der Waals surface area contributed by atoms with E-state index in [2.05, 4.69) is 17.0 Å². The van der Waals surface area contributed by atoms with Crippen LogP contribution in [0.5, 0.6) is 0 Å². The van der Waals surface area contributed by atoms with Crippen LogP contribution in [-0.2, 0) is 13.0 Å². The number of thioether (sulfide) groups is 1. The van der Waals surface area contributed by atoms with Gasteiger partial charge in [0.25, 0.3) is 0 Å². The Morgan fingerprint density at radius 2 is 2.10 bits per heavy atom. The normalized spacial score (nSPS) is 12.6. The van der Waals surface area contributed by atoms with Gasteiger partial charge in [-0.3, -0.25) is 4.68 Å². The molecular formula is C14H19ClN4S. The molecule has 0 fully saturated rings. The highest BCUT2D eigenvalue weighted by atomic mass is 35.5. The van der Waals surface area contributed by atoms with Crippen molar-refractivity contribution in [2.24, 2.45) is 5.73 Å². The van der Waals surface area contributed by atoms with Crippen molar-refractivity contribution in [2.75, 3.05) is 5.75 Å². The minimum atomic E-state index is 0.0653. The molecule has 2 rings (SSSR count). The predicted octanol–water partition coefficient (Wildman–Crippen LogP) is 3.00. The maximum Gasteiger partial charge on any atom is 0.138 e. The fraction of sp³-hybridized carbons (Fsp3) is 0.429. The Kier molecular flexibility index (Phi) is 5.88. The first-order valence-corrected chi connectivity index (χ1v) is 8.06. The maximum atomic E-state index is 6.18. The molecule has 6 heteroatoms. The average molecular weight is 311 g/mol. The summed E-state index contributed by atoms with van der Waals surface area (Å²) in [5.74, 6) is 1.82. The van der Waals surface area contributed by atoms with Crippen molar-refractivity contribution in [2.45, 2.75) is 37.2 Å². The molecule has 0 saturated heterocycles. The van der Waals surface area contributed by atoms with Gasteiger partial charge in [-0.25, -0.2) is 4.98 Å². The molecule has 2 aromatic rings. The molecular weight excluding hydrogens is 292 g/mol. The molecule has 0 saturated carbocycles. The standard InChI is InChI=1S/C14H19ClN4S/c1-2-7-19-14(17-10-18-19)8-12(16)9-20-13-5-3-11(15)4-6-13/h3-6,10,12H,2,7-9,16H2,1H3. The van der Waals surface area contributed by atoms with Crippen molar-refractivity contribution in [3.8, 4) is 0 Å². The highest BCUT2D eigenvalue weighted by molar-refractivity contribution is 7.99. The fourth-order valence-electron chi connectivity index (χ4n) is 1.87. The van der Waals surface area contributed by atoms with Gasteiger partial charge in [0, 0.05) is 34.7 Å². The summed E-state index contributed by atoms with van der Waals surface area (Å²) in [7, 11) is 0. The van der Waals surface area contributed by atoms with Crippen LogP contribution in [0.3, 0.4) is 0 Å². The number of halogens is 1. The third-order valence-corrected chi connectivity index (χ3v) is 4.31. The Hall–Kier alpha value is -1.04. The molecule has 0 spiro atoms. The number of benzene rings is 1. The van der Waals surface area contributed by atoms with E-state index in [1.165, 1.54) is 4.90 Å². The van der Waals surface area contributed by atoms with E-state index in [-0.39, 0.29) is 6.04 Å². The Balaban J connectivity index is 1.84. The zero-order chi connectivity index (χ0) is 14.4. The summed E-state index contributed by atoms with van der Waals surface area (Å²) in [6.07, 6.45) is 3.40. The lowest BCUT2D eigenvalue weighted by atomic mass is 10.2. The molecule has 1 heterocycles. The van der Waals surface area contributed by atoms with E-state index >= 15 is 0 Å². The van der Waals surface area contributed by atoms with Crippen LogP contribution in [0.1, 0.15) is 19.2 Å². The van der Waals surface area contributed by atoms with Crippen molar-refractivity contribution in [1.29, 1.82) is 0 Å². The number of nitrogens with two attached hydrogens (primary N) is 1. The first-order valence-electron chi connectivity index (χ1n) is 6.69. The quantitative estimate of drug-likeness (QED) is 0.799. The molecule has 0 aliphatic carbocycles. The van der Waals surface area contributed by atoms with Crippen LogP contribution in [0.15, 0.2) is 35.5 Å².